The van der Waals surface area contributed by atoms with Gasteiger partial charge in [0.2, 0.25) is 5.91 Å². The number of anilines is 1. The first kappa shape index (κ1) is 16.5. The van der Waals surface area contributed by atoms with Crippen molar-refractivity contribution in [3.8, 4) is 0 Å². The summed E-state index contributed by atoms with van der Waals surface area (Å²) in [6.07, 6.45) is 0.642. The Morgan fingerprint density at radius 1 is 1.10 bits per heavy atom. The number of nitrogens with one attached hydrogen (secondary N) is 1. The number of para-hydroxylation sites is 1. The normalized spacial score (nSPS) is 9.90. The number of rotatable bonds is 8. The van der Waals surface area contributed by atoms with E-state index >= 15 is 0 Å². The molecule has 0 aromatic heterocycles. The highest BCUT2D eigenvalue weighted by Crippen LogP contribution is 2.14. The molecule has 0 aliphatic carbocycles. The number of carbonyl (C=O) groups excluding carboxylic acids is 2. The molecule has 0 saturated carbocycles. The molecule has 0 unspecified atom stereocenters. The number of carboxylic acid groups (broad SMARTS) is 1. The van der Waals surface area contributed by atoms with Gasteiger partial charge in [0.1, 0.15) is 0 Å². The molecule has 7 nitrogen and oxygen atoms in total. The van der Waals surface area contributed by atoms with Crippen molar-refractivity contribution in [3.05, 3.63) is 30.3 Å². The number of aliphatic carboxylic acids is 1. The molecule has 3 amide bonds. The largest absolute Gasteiger partial charge is 0.481 e. The minimum atomic E-state index is -0.878. The van der Waals surface area contributed by atoms with Gasteiger partial charge in [-0.3, -0.25) is 14.9 Å². The Hall–Kier alpha value is -2.57. The Morgan fingerprint density at radius 3 is 2.33 bits per heavy atom. The van der Waals surface area contributed by atoms with Crippen LogP contribution < -0.4 is 16.0 Å². The first-order valence-corrected chi connectivity index (χ1v) is 6.60. The lowest BCUT2D eigenvalue weighted by atomic mass is 10.2. The van der Waals surface area contributed by atoms with E-state index in [0.29, 0.717) is 19.5 Å². The van der Waals surface area contributed by atoms with Crippen molar-refractivity contribution in [1.82, 2.24) is 5.32 Å². The van der Waals surface area contributed by atoms with Crippen LogP contribution in [-0.2, 0) is 9.59 Å². The van der Waals surface area contributed by atoms with Crippen molar-refractivity contribution in [3.63, 3.8) is 0 Å². The highest BCUT2D eigenvalue weighted by Gasteiger charge is 2.11. The Balaban J connectivity index is 2.58. The zero-order valence-corrected chi connectivity index (χ0v) is 11.6. The third-order valence-electron chi connectivity index (χ3n) is 2.81. The van der Waals surface area contributed by atoms with Gasteiger partial charge in [-0.05, 0) is 18.6 Å². The van der Waals surface area contributed by atoms with Gasteiger partial charge in [0, 0.05) is 31.6 Å². The molecular weight excluding hydrogens is 274 g/mol. The summed E-state index contributed by atoms with van der Waals surface area (Å²) in [6, 6.07) is 8.49. The molecule has 0 heterocycles. The number of carbonyl (C=O) groups is 3. The number of hydrogen-bond acceptors (Lipinski definition) is 4. The third kappa shape index (κ3) is 6.95. The maximum absolute atomic E-state index is 11.4. The Labute approximate surface area is 122 Å². The van der Waals surface area contributed by atoms with Crippen LogP contribution in [0.25, 0.3) is 0 Å². The molecule has 1 aromatic carbocycles. The van der Waals surface area contributed by atoms with Crippen LogP contribution in [0, 0.1) is 0 Å². The van der Waals surface area contributed by atoms with Gasteiger partial charge in [0.15, 0.2) is 0 Å². The van der Waals surface area contributed by atoms with Crippen LogP contribution in [0.3, 0.4) is 0 Å². The Morgan fingerprint density at radius 2 is 1.76 bits per heavy atom. The van der Waals surface area contributed by atoms with E-state index in [1.807, 2.05) is 40.5 Å². The van der Waals surface area contributed by atoms with Gasteiger partial charge in [0.05, 0.1) is 0 Å². The molecule has 1 rings (SSSR count). The highest BCUT2D eigenvalue weighted by molar-refractivity contribution is 5.93. The number of primary amides is 1. The maximum atomic E-state index is 11.4. The van der Waals surface area contributed by atoms with E-state index in [9.17, 15) is 14.4 Å². The standard InChI is InChI=1S/C14H19N3O4/c15-14(21)16-12(18)8-10-17(9-4-7-13(19)20)11-5-2-1-3-6-11/h1-3,5-6H,4,7-10H2,(H,19,20)(H3,15,16,18,21). The highest BCUT2D eigenvalue weighted by atomic mass is 16.4. The number of benzene rings is 1. The fourth-order valence-corrected chi connectivity index (χ4v) is 1.87. The Bertz CT molecular complexity index is 490. The van der Waals surface area contributed by atoms with Crippen LogP contribution in [0.15, 0.2) is 30.3 Å². The van der Waals surface area contributed by atoms with E-state index in [0.717, 1.165) is 5.69 Å². The molecule has 7 heteroatoms. The van der Waals surface area contributed by atoms with Gasteiger partial charge in [0.25, 0.3) is 0 Å². The molecule has 0 spiro atoms. The van der Waals surface area contributed by atoms with Crippen molar-refractivity contribution in [2.45, 2.75) is 19.3 Å². The van der Waals surface area contributed by atoms with E-state index in [2.05, 4.69) is 0 Å². The maximum Gasteiger partial charge on any atom is 0.318 e. The second-order valence-electron chi connectivity index (χ2n) is 4.48. The van der Waals surface area contributed by atoms with Gasteiger partial charge in [-0.1, -0.05) is 18.2 Å². The molecule has 1 aromatic rings. The van der Waals surface area contributed by atoms with Gasteiger partial charge in [-0.2, -0.15) is 0 Å². The van der Waals surface area contributed by atoms with Crippen molar-refractivity contribution in [2.24, 2.45) is 5.73 Å². The molecule has 4 N–H and O–H groups in total. The van der Waals surface area contributed by atoms with Crippen molar-refractivity contribution >= 4 is 23.6 Å². The average molecular weight is 293 g/mol. The number of nitrogens with zero attached hydrogens (tertiary/aromatic N) is 1. The summed E-state index contributed by atoms with van der Waals surface area (Å²) in [5.74, 6) is -1.31. The number of hydrogen-bond donors (Lipinski definition) is 3. The topological polar surface area (TPSA) is 113 Å². The molecule has 0 aliphatic rings. The lowest BCUT2D eigenvalue weighted by Gasteiger charge is -2.24. The predicted octanol–water partition coefficient (Wildman–Crippen LogP) is 0.943. The smallest absolute Gasteiger partial charge is 0.318 e. The van der Waals surface area contributed by atoms with Crippen LogP contribution in [0.5, 0.6) is 0 Å². The summed E-state index contributed by atoms with van der Waals surface area (Å²) >= 11 is 0. The summed E-state index contributed by atoms with van der Waals surface area (Å²) < 4.78 is 0. The molecule has 0 saturated heterocycles. The lowest BCUT2D eigenvalue weighted by molar-refractivity contribution is -0.137. The second-order valence-corrected chi connectivity index (χ2v) is 4.48. The molecule has 0 aliphatic heterocycles. The summed E-state index contributed by atoms with van der Waals surface area (Å²) in [5, 5.41) is 10.7. The van der Waals surface area contributed by atoms with E-state index in [4.69, 9.17) is 10.8 Å². The monoisotopic (exact) mass is 293 g/mol. The first-order chi connectivity index (χ1) is 9.99. The fourth-order valence-electron chi connectivity index (χ4n) is 1.87. The molecule has 0 bridgehead atoms. The van der Waals surface area contributed by atoms with E-state index in [1.54, 1.807) is 0 Å². The van der Waals surface area contributed by atoms with Crippen LogP contribution in [0.4, 0.5) is 10.5 Å². The fraction of sp³-hybridized carbons (Fsp3) is 0.357. The SMILES string of the molecule is NC(=O)NC(=O)CCN(CCCC(=O)O)c1ccccc1. The lowest BCUT2D eigenvalue weighted by Crippen LogP contribution is -2.37. The minimum Gasteiger partial charge on any atom is -0.481 e. The Kier molecular flexibility index (Phi) is 6.73. The van der Waals surface area contributed by atoms with Crippen molar-refractivity contribution in [1.29, 1.82) is 0 Å². The average Bonchev–Trinajstić information content (AvgIpc) is 2.42. The zero-order valence-electron chi connectivity index (χ0n) is 11.6. The third-order valence-corrected chi connectivity index (χ3v) is 2.81. The zero-order chi connectivity index (χ0) is 15.7. The van der Waals surface area contributed by atoms with Gasteiger partial charge in [-0.25, -0.2) is 4.79 Å². The minimum absolute atomic E-state index is 0.0663. The first-order valence-electron chi connectivity index (χ1n) is 6.60. The molecule has 0 fully saturated rings. The second kappa shape index (κ2) is 8.57. The van der Waals surface area contributed by atoms with Gasteiger partial charge in [-0.15, -0.1) is 0 Å². The van der Waals surface area contributed by atoms with Crippen LogP contribution >= 0.6 is 0 Å². The number of nitrogens with two attached hydrogens (primary N) is 1. The van der Waals surface area contributed by atoms with Crippen LogP contribution in [-0.4, -0.2) is 36.1 Å². The number of amides is 3. The predicted molar refractivity (Wildman–Crippen MR) is 77.9 cm³/mol. The van der Waals surface area contributed by atoms with Crippen molar-refractivity contribution in [2.75, 3.05) is 18.0 Å². The number of imide groups is 1. The van der Waals surface area contributed by atoms with Gasteiger partial charge < -0.3 is 15.7 Å². The quantitative estimate of drug-likeness (QED) is 0.660. The summed E-state index contributed by atoms with van der Waals surface area (Å²) in [5.41, 5.74) is 5.77. The van der Waals surface area contributed by atoms with Gasteiger partial charge >= 0.3 is 12.0 Å². The summed E-state index contributed by atoms with van der Waals surface area (Å²) in [6.45, 7) is 0.892. The molecule has 0 radical (unpaired) electrons. The molecule has 0 atom stereocenters. The van der Waals surface area contributed by atoms with E-state index in [-0.39, 0.29) is 12.8 Å². The van der Waals surface area contributed by atoms with Crippen LogP contribution in [0.2, 0.25) is 0 Å². The molecule has 21 heavy (non-hydrogen) atoms. The number of carboxylic acids is 1. The molecule has 114 valence electrons. The van der Waals surface area contributed by atoms with E-state index in [1.165, 1.54) is 0 Å². The van der Waals surface area contributed by atoms with E-state index < -0.39 is 17.9 Å². The van der Waals surface area contributed by atoms with Crippen molar-refractivity contribution < 1.29 is 19.5 Å². The van der Waals surface area contributed by atoms with Crippen LogP contribution in [0.1, 0.15) is 19.3 Å². The molecular formula is C14H19N3O4. The summed E-state index contributed by atoms with van der Waals surface area (Å²) in [7, 11) is 0. The number of urea groups is 1. The summed E-state index contributed by atoms with van der Waals surface area (Å²) in [4.78, 5) is 34.5.